The maximum absolute atomic E-state index is 12.6. The van der Waals surface area contributed by atoms with Gasteiger partial charge in [0.2, 0.25) is 0 Å². The highest BCUT2D eigenvalue weighted by Crippen LogP contribution is 2.25. The van der Waals surface area contributed by atoms with E-state index in [1.807, 2.05) is 12.1 Å². The van der Waals surface area contributed by atoms with Gasteiger partial charge in [-0.05, 0) is 59.7 Å². The van der Waals surface area contributed by atoms with Gasteiger partial charge in [0.15, 0.2) is 17.2 Å². The zero-order valence-corrected chi connectivity index (χ0v) is 13.6. The lowest BCUT2D eigenvalue weighted by atomic mass is 9.89. The van der Waals surface area contributed by atoms with Crippen LogP contribution in [0, 0.1) is 5.92 Å². The van der Waals surface area contributed by atoms with Crippen LogP contribution in [0.2, 0.25) is 5.02 Å². The second-order valence-corrected chi connectivity index (χ2v) is 6.29. The first kappa shape index (κ1) is 15.0. The van der Waals surface area contributed by atoms with Gasteiger partial charge in [0.1, 0.15) is 0 Å². The van der Waals surface area contributed by atoms with Gasteiger partial charge in [-0.3, -0.25) is 4.79 Å². The molecule has 1 aliphatic heterocycles. The molecule has 7 nitrogen and oxygen atoms in total. The number of carbonyl (C=O) groups excluding carboxylic acids is 1. The second-order valence-electron chi connectivity index (χ2n) is 5.85. The molecule has 0 radical (unpaired) electrons. The van der Waals surface area contributed by atoms with Crippen molar-refractivity contribution >= 4 is 28.8 Å². The van der Waals surface area contributed by atoms with E-state index in [0.29, 0.717) is 10.7 Å². The zero-order valence-electron chi connectivity index (χ0n) is 12.8. The second kappa shape index (κ2) is 6.16. The monoisotopic (exact) mass is 342 g/mol. The van der Waals surface area contributed by atoms with E-state index in [1.165, 1.54) is 4.63 Å². The summed E-state index contributed by atoms with van der Waals surface area (Å²) in [6.45, 7) is 1.56. The van der Waals surface area contributed by atoms with Crippen LogP contribution in [0.1, 0.15) is 23.2 Å². The summed E-state index contributed by atoms with van der Waals surface area (Å²) < 4.78 is 1.42. The van der Waals surface area contributed by atoms with Gasteiger partial charge in [0.05, 0.1) is 0 Å². The van der Waals surface area contributed by atoms with Crippen molar-refractivity contribution < 1.29 is 4.79 Å². The molecule has 0 unspecified atom stereocenters. The van der Waals surface area contributed by atoms with Crippen LogP contribution < -0.4 is 4.90 Å². The smallest absolute Gasteiger partial charge is 0.200 e. The zero-order chi connectivity index (χ0) is 16.5. The molecule has 8 heteroatoms. The van der Waals surface area contributed by atoms with Gasteiger partial charge in [-0.25, -0.2) is 0 Å². The lowest BCUT2D eigenvalue weighted by Crippen LogP contribution is -2.37. The summed E-state index contributed by atoms with van der Waals surface area (Å²) in [5, 5.41) is 16.3. The van der Waals surface area contributed by atoms with Crippen molar-refractivity contribution in [3.05, 3.63) is 47.0 Å². The maximum atomic E-state index is 12.6. The topological polar surface area (TPSA) is 76.3 Å². The van der Waals surface area contributed by atoms with Crippen LogP contribution in [-0.4, -0.2) is 44.1 Å². The Morgan fingerprint density at radius 3 is 2.58 bits per heavy atom. The number of carbonyl (C=O) groups is 1. The quantitative estimate of drug-likeness (QED) is 0.680. The fraction of sp³-hybridized carbons (Fsp3) is 0.312. The Balaban J connectivity index is 1.44. The van der Waals surface area contributed by atoms with Crippen molar-refractivity contribution in [3.8, 4) is 0 Å². The first-order valence-corrected chi connectivity index (χ1v) is 8.19. The summed E-state index contributed by atoms with van der Waals surface area (Å²) in [6.07, 6.45) is 1.60. The molecule has 122 valence electrons. The molecule has 3 heterocycles. The molecule has 1 saturated heterocycles. The molecule has 0 N–H and O–H groups in total. The van der Waals surface area contributed by atoms with E-state index in [0.717, 1.165) is 37.3 Å². The van der Waals surface area contributed by atoms with Crippen LogP contribution in [0.15, 0.2) is 36.4 Å². The van der Waals surface area contributed by atoms with Crippen LogP contribution in [0.3, 0.4) is 0 Å². The van der Waals surface area contributed by atoms with E-state index < -0.39 is 0 Å². The van der Waals surface area contributed by atoms with Crippen LogP contribution in [0.4, 0.5) is 5.82 Å². The molecule has 1 aromatic carbocycles. The summed E-state index contributed by atoms with van der Waals surface area (Å²) in [5.41, 5.74) is 1.35. The predicted octanol–water partition coefficient (Wildman–Crippen LogP) is 2.27. The van der Waals surface area contributed by atoms with Gasteiger partial charge in [0.25, 0.3) is 0 Å². The number of anilines is 1. The largest absolute Gasteiger partial charge is 0.355 e. The van der Waals surface area contributed by atoms with Crippen molar-refractivity contribution in [2.24, 2.45) is 5.92 Å². The summed E-state index contributed by atoms with van der Waals surface area (Å²) in [6, 6.07) is 10.9. The van der Waals surface area contributed by atoms with Gasteiger partial charge < -0.3 is 4.90 Å². The molecule has 24 heavy (non-hydrogen) atoms. The lowest BCUT2D eigenvalue weighted by molar-refractivity contribution is 0.0900. The number of halogens is 1. The normalized spacial score (nSPS) is 15.8. The molecule has 0 saturated carbocycles. The molecule has 0 aliphatic carbocycles. The minimum absolute atomic E-state index is 0.0409. The number of piperidine rings is 1. The average molecular weight is 343 g/mol. The van der Waals surface area contributed by atoms with Crippen molar-refractivity contribution in [2.75, 3.05) is 18.0 Å². The number of ketones is 1. The minimum Gasteiger partial charge on any atom is -0.355 e. The van der Waals surface area contributed by atoms with Crippen LogP contribution in [-0.2, 0) is 0 Å². The molecule has 3 aromatic rings. The number of tetrazole rings is 1. The van der Waals surface area contributed by atoms with Crippen LogP contribution >= 0.6 is 11.6 Å². The standard InChI is InChI=1S/C16H15ClN6O/c17-13-3-1-11(2-4-13)16(24)12-7-9-22(10-8-12)15-6-5-14-18-20-21-23(14)19-15/h1-6,12H,7-10H2. The Hall–Kier alpha value is -2.54. The molecule has 0 amide bonds. The van der Waals surface area contributed by atoms with E-state index in [2.05, 4.69) is 25.5 Å². The van der Waals surface area contributed by atoms with E-state index in [9.17, 15) is 4.79 Å². The van der Waals surface area contributed by atoms with E-state index in [4.69, 9.17) is 11.6 Å². The number of rotatable bonds is 3. The summed E-state index contributed by atoms with van der Waals surface area (Å²) in [4.78, 5) is 14.7. The van der Waals surface area contributed by atoms with E-state index in [-0.39, 0.29) is 11.7 Å². The Labute approximate surface area is 143 Å². The molecule has 1 fully saturated rings. The van der Waals surface area contributed by atoms with Crippen molar-refractivity contribution in [1.82, 2.24) is 25.3 Å². The van der Waals surface area contributed by atoms with E-state index >= 15 is 0 Å². The fourth-order valence-electron chi connectivity index (χ4n) is 3.03. The molecule has 0 atom stereocenters. The molecule has 1 aliphatic rings. The summed E-state index contributed by atoms with van der Waals surface area (Å²) in [7, 11) is 0. The number of Topliss-reactive ketones (excluding diaryl/α,β-unsaturated/α-hetero) is 1. The van der Waals surface area contributed by atoms with Crippen molar-refractivity contribution in [1.29, 1.82) is 0 Å². The van der Waals surface area contributed by atoms with Crippen LogP contribution in [0.5, 0.6) is 0 Å². The average Bonchev–Trinajstić information content (AvgIpc) is 3.09. The van der Waals surface area contributed by atoms with Gasteiger partial charge in [0, 0.05) is 29.6 Å². The molecular weight excluding hydrogens is 328 g/mol. The number of fused-ring (bicyclic) bond motifs is 1. The minimum atomic E-state index is 0.0409. The highest BCUT2D eigenvalue weighted by atomic mass is 35.5. The first-order chi connectivity index (χ1) is 11.7. The Bertz CT molecular complexity index is 870. The number of hydrogen-bond acceptors (Lipinski definition) is 6. The third-order valence-corrected chi connectivity index (χ3v) is 4.63. The third-order valence-electron chi connectivity index (χ3n) is 4.37. The first-order valence-electron chi connectivity index (χ1n) is 7.81. The SMILES string of the molecule is O=C(c1ccc(Cl)cc1)C1CCN(c2ccc3nnnn3n2)CC1. The number of nitrogens with zero attached hydrogens (tertiary/aromatic N) is 6. The summed E-state index contributed by atoms with van der Waals surface area (Å²) >= 11 is 5.88. The highest BCUT2D eigenvalue weighted by molar-refractivity contribution is 6.30. The lowest BCUT2D eigenvalue weighted by Gasteiger charge is -2.31. The molecule has 4 rings (SSSR count). The van der Waals surface area contributed by atoms with Crippen LogP contribution in [0.25, 0.3) is 5.65 Å². The number of aromatic nitrogens is 5. The van der Waals surface area contributed by atoms with Gasteiger partial charge in [-0.15, -0.1) is 14.8 Å². The summed E-state index contributed by atoms with van der Waals surface area (Å²) in [5.74, 6) is 1.06. The molecular formula is C16H15ClN6O. The van der Waals surface area contributed by atoms with Gasteiger partial charge >= 0.3 is 0 Å². The Morgan fingerprint density at radius 1 is 1.08 bits per heavy atom. The van der Waals surface area contributed by atoms with Gasteiger partial charge in [-0.1, -0.05) is 11.6 Å². The Morgan fingerprint density at radius 2 is 1.83 bits per heavy atom. The predicted molar refractivity (Wildman–Crippen MR) is 89.3 cm³/mol. The number of benzene rings is 1. The maximum Gasteiger partial charge on any atom is 0.200 e. The Kier molecular flexibility index (Phi) is 3.86. The van der Waals surface area contributed by atoms with Gasteiger partial charge in [-0.2, -0.15) is 0 Å². The third kappa shape index (κ3) is 2.82. The highest BCUT2D eigenvalue weighted by Gasteiger charge is 2.26. The van der Waals surface area contributed by atoms with Crippen molar-refractivity contribution in [2.45, 2.75) is 12.8 Å². The number of hydrogen-bond donors (Lipinski definition) is 0. The molecule has 2 aromatic heterocycles. The molecule has 0 bridgehead atoms. The van der Waals surface area contributed by atoms with Crippen molar-refractivity contribution in [3.63, 3.8) is 0 Å². The fourth-order valence-corrected chi connectivity index (χ4v) is 3.16. The van der Waals surface area contributed by atoms with E-state index in [1.54, 1.807) is 24.3 Å². The molecule has 0 spiro atoms.